The van der Waals surface area contributed by atoms with Crippen LogP contribution in [0, 0.1) is 18.8 Å². The fraction of sp³-hybridized carbons (Fsp3) is 0.474. The van der Waals surface area contributed by atoms with Crippen molar-refractivity contribution >= 4 is 23.6 Å². The molecule has 1 saturated carbocycles. The van der Waals surface area contributed by atoms with Crippen LogP contribution in [0.1, 0.15) is 48.0 Å². The highest BCUT2D eigenvalue weighted by atomic mass is 16.2. The summed E-state index contributed by atoms with van der Waals surface area (Å²) in [5.41, 5.74) is 5.97. The summed E-state index contributed by atoms with van der Waals surface area (Å²) in [6.45, 7) is 1.86. The zero-order valence-corrected chi connectivity index (χ0v) is 14.8. The molecule has 2 atom stereocenters. The van der Waals surface area contributed by atoms with E-state index in [-0.39, 0.29) is 36.6 Å². The Morgan fingerprint density at radius 1 is 1.04 bits per heavy atom. The first kappa shape index (κ1) is 18.1. The molecule has 2 fully saturated rings. The van der Waals surface area contributed by atoms with Gasteiger partial charge in [-0.15, -0.1) is 0 Å². The lowest BCUT2D eigenvalue weighted by molar-refractivity contribution is -0.140. The van der Waals surface area contributed by atoms with E-state index in [1.165, 1.54) is 4.90 Å². The predicted molar refractivity (Wildman–Crippen MR) is 93.6 cm³/mol. The largest absolute Gasteiger partial charge is 0.282 e. The van der Waals surface area contributed by atoms with Crippen LogP contribution in [0.4, 0.5) is 0 Å². The van der Waals surface area contributed by atoms with E-state index in [1.54, 1.807) is 25.1 Å². The molecule has 7 heteroatoms. The summed E-state index contributed by atoms with van der Waals surface area (Å²) < 4.78 is 0. The van der Waals surface area contributed by atoms with Crippen molar-refractivity contribution in [2.45, 2.75) is 39.0 Å². The molecule has 0 bridgehead atoms. The van der Waals surface area contributed by atoms with Gasteiger partial charge in [-0.1, -0.05) is 31.0 Å². The van der Waals surface area contributed by atoms with Gasteiger partial charge < -0.3 is 0 Å². The molecule has 0 aromatic heterocycles. The molecule has 1 aromatic carbocycles. The highest BCUT2D eigenvalue weighted by molar-refractivity contribution is 6.05. The van der Waals surface area contributed by atoms with E-state index in [0.29, 0.717) is 5.56 Å². The third kappa shape index (κ3) is 3.61. The van der Waals surface area contributed by atoms with Gasteiger partial charge >= 0.3 is 0 Å². The maximum Gasteiger partial charge on any atom is 0.269 e. The van der Waals surface area contributed by atoms with E-state index < -0.39 is 11.8 Å². The van der Waals surface area contributed by atoms with Crippen molar-refractivity contribution in [3.8, 4) is 0 Å². The zero-order chi connectivity index (χ0) is 18.7. The standard InChI is InChI=1S/C19H23N3O4/c1-12-6-2-3-7-13(12)17(24)21-20-16(23)10-11-22-18(25)14-8-4-5-9-15(14)19(22)26/h2-3,6-7,14-15H,4-5,8-11H2,1H3,(H,20,23)(H,21,24). The Morgan fingerprint density at radius 2 is 1.65 bits per heavy atom. The molecule has 1 aliphatic carbocycles. The van der Waals surface area contributed by atoms with Gasteiger partial charge in [0, 0.05) is 18.5 Å². The molecule has 2 unspecified atom stereocenters. The smallest absolute Gasteiger partial charge is 0.269 e. The Labute approximate surface area is 152 Å². The topological polar surface area (TPSA) is 95.6 Å². The Morgan fingerprint density at radius 3 is 2.27 bits per heavy atom. The molecule has 1 aromatic rings. The van der Waals surface area contributed by atoms with Crippen LogP contribution in [0.3, 0.4) is 0 Å². The zero-order valence-electron chi connectivity index (χ0n) is 14.8. The normalized spacial score (nSPS) is 22.1. The first-order valence-electron chi connectivity index (χ1n) is 8.99. The lowest BCUT2D eigenvalue weighted by Crippen LogP contribution is -2.43. The van der Waals surface area contributed by atoms with Crippen LogP contribution in [-0.4, -0.2) is 35.1 Å². The van der Waals surface area contributed by atoms with Gasteiger partial charge in [-0.2, -0.15) is 0 Å². The number of aryl methyl sites for hydroxylation is 1. The van der Waals surface area contributed by atoms with Crippen LogP contribution in [0.5, 0.6) is 0 Å². The minimum absolute atomic E-state index is 0.0367. The number of nitrogens with zero attached hydrogens (tertiary/aromatic N) is 1. The number of rotatable bonds is 4. The van der Waals surface area contributed by atoms with Crippen LogP contribution >= 0.6 is 0 Å². The van der Waals surface area contributed by atoms with Gasteiger partial charge in [0.15, 0.2) is 0 Å². The van der Waals surface area contributed by atoms with Gasteiger partial charge in [-0.05, 0) is 31.4 Å². The van der Waals surface area contributed by atoms with E-state index in [4.69, 9.17) is 0 Å². The first-order valence-corrected chi connectivity index (χ1v) is 8.99. The van der Waals surface area contributed by atoms with Crippen molar-refractivity contribution in [2.75, 3.05) is 6.54 Å². The molecule has 138 valence electrons. The number of amides is 4. The molecule has 1 saturated heterocycles. The molecular weight excluding hydrogens is 334 g/mol. The number of fused-ring (bicyclic) bond motifs is 1. The lowest BCUT2D eigenvalue weighted by Gasteiger charge is -2.19. The molecule has 1 aliphatic heterocycles. The third-order valence-electron chi connectivity index (χ3n) is 5.20. The molecule has 7 nitrogen and oxygen atoms in total. The maximum absolute atomic E-state index is 12.4. The highest BCUT2D eigenvalue weighted by Crippen LogP contribution is 2.37. The monoisotopic (exact) mass is 357 g/mol. The molecule has 26 heavy (non-hydrogen) atoms. The SMILES string of the molecule is Cc1ccccc1C(=O)NNC(=O)CCN1C(=O)C2CCCCC2C1=O. The summed E-state index contributed by atoms with van der Waals surface area (Å²) in [5.74, 6) is -1.58. The minimum Gasteiger partial charge on any atom is -0.282 e. The quantitative estimate of drug-likeness (QED) is 0.627. The van der Waals surface area contributed by atoms with Gasteiger partial charge in [0.2, 0.25) is 17.7 Å². The molecule has 3 rings (SSSR count). The van der Waals surface area contributed by atoms with Gasteiger partial charge in [-0.3, -0.25) is 34.9 Å². The summed E-state index contributed by atoms with van der Waals surface area (Å²) in [6.07, 6.45) is 3.42. The Kier molecular flexibility index (Phi) is 5.35. The maximum atomic E-state index is 12.4. The van der Waals surface area contributed by atoms with Gasteiger partial charge in [0.1, 0.15) is 0 Å². The van der Waals surface area contributed by atoms with Crippen LogP contribution in [0.25, 0.3) is 0 Å². The molecule has 4 amide bonds. The van der Waals surface area contributed by atoms with Gasteiger partial charge in [0.05, 0.1) is 11.8 Å². The van der Waals surface area contributed by atoms with E-state index in [9.17, 15) is 19.2 Å². The average Bonchev–Trinajstić information content (AvgIpc) is 2.89. The second-order valence-corrected chi connectivity index (χ2v) is 6.89. The number of nitrogens with one attached hydrogen (secondary N) is 2. The number of imide groups is 1. The summed E-state index contributed by atoms with van der Waals surface area (Å²) in [5, 5.41) is 0. The lowest BCUT2D eigenvalue weighted by atomic mass is 9.81. The van der Waals surface area contributed by atoms with Crippen molar-refractivity contribution in [1.82, 2.24) is 15.8 Å². The second-order valence-electron chi connectivity index (χ2n) is 6.89. The Bertz CT molecular complexity index is 722. The summed E-state index contributed by atoms with van der Waals surface area (Å²) in [6, 6.07) is 7.04. The van der Waals surface area contributed by atoms with E-state index >= 15 is 0 Å². The number of hydrogen-bond acceptors (Lipinski definition) is 4. The van der Waals surface area contributed by atoms with Crippen LogP contribution in [0.2, 0.25) is 0 Å². The second kappa shape index (κ2) is 7.68. The van der Waals surface area contributed by atoms with E-state index in [0.717, 1.165) is 31.2 Å². The third-order valence-corrected chi connectivity index (χ3v) is 5.20. The number of carbonyl (C=O) groups is 4. The van der Waals surface area contributed by atoms with Crippen molar-refractivity contribution in [2.24, 2.45) is 11.8 Å². The molecule has 2 N–H and O–H groups in total. The van der Waals surface area contributed by atoms with Crippen LogP contribution in [0.15, 0.2) is 24.3 Å². The Balaban J connectivity index is 1.48. The van der Waals surface area contributed by atoms with Crippen molar-refractivity contribution in [3.05, 3.63) is 35.4 Å². The van der Waals surface area contributed by atoms with Crippen molar-refractivity contribution in [1.29, 1.82) is 0 Å². The molecular formula is C19H23N3O4. The first-order chi connectivity index (χ1) is 12.5. The Hall–Kier alpha value is -2.70. The molecule has 0 spiro atoms. The van der Waals surface area contributed by atoms with Crippen LogP contribution in [-0.2, 0) is 14.4 Å². The summed E-state index contributed by atoms with van der Waals surface area (Å²) in [7, 11) is 0. The van der Waals surface area contributed by atoms with Gasteiger partial charge in [-0.25, -0.2) is 0 Å². The average molecular weight is 357 g/mol. The summed E-state index contributed by atoms with van der Waals surface area (Å²) >= 11 is 0. The van der Waals surface area contributed by atoms with Crippen molar-refractivity contribution in [3.63, 3.8) is 0 Å². The molecule has 0 radical (unpaired) electrons. The van der Waals surface area contributed by atoms with Crippen molar-refractivity contribution < 1.29 is 19.2 Å². The fourth-order valence-corrected chi connectivity index (χ4v) is 3.75. The van der Waals surface area contributed by atoms with E-state index in [2.05, 4.69) is 10.9 Å². The van der Waals surface area contributed by atoms with E-state index in [1.807, 2.05) is 6.07 Å². The molecule has 1 heterocycles. The fourth-order valence-electron chi connectivity index (χ4n) is 3.75. The predicted octanol–water partition coefficient (Wildman–Crippen LogP) is 1.32. The minimum atomic E-state index is -0.442. The summed E-state index contributed by atoms with van der Waals surface area (Å²) in [4.78, 5) is 50.0. The van der Waals surface area contributed by atoms with Gasteiger partial charge in [0.25, 0.3) is 5.91 Å². The van der Waals surface area contributed by atoms with Crippen LogP contribution < -0.4 is 10.9 Å². The number of hydrogen-bond donors (Lipinski definition) is 2. The highest BCUT2D eigenvalue weighted by Gasteiger charge is 2.47. The number of likely N-dealkylation sites (tertiary alicyclic amines) is 1. The number of hydrazine groups is 1. The molecule has 2 aliphatic rings. The number of benzene rings is 1. The number of carbonyl (C=O) groups excluding carboxylic acids is 4.